The highest BCUT2D eigenvalue weighted by Gasteiger charge is 2.39. The summed E-state index contributed by atoms with van der Waals surface area (Å²) in [6.45, 7) is 9.69. The maximum atomic E-state index is 2.61. The van der Waals surface area contributed by atoms with Crippen LogP contribution in [0.3, 0.4) is 0 Å². The molecule has 408 valence electrons. The predicted molar refractivity (Wildman–Crippen MR) is 367 cm³/mol. The van der Waals surface area contributed by atoms with Gasteiger partial charge in [-0.25, -0.2) is 0 Å². The van der Waals surface area contributed by atoms with Crippen LogP contribution in [0.15, 0.2) is 285 Å². The third-order valence-electron chi connectivity index (χ3n) is 19.6. The number of benzene rings is 14. The molecule has 0 saturated carbocycles. The zero-order chi connectivity index (χ0) is 57.4. The van der Waals surface area contributed by atoms with E-state index in [2.05, 4.69) is 317 Å². The van der Waals surface area contributed by atoms with E-state index in [4.69, 9.17) is 0 Å². The lowest BCUT2D eigenvalue weighted by Gasteiger charge is -2.30. The van der Waals surface area contributed by atoms with Crippen molar-refractivity contribution in [3.8, 4) is 22.3 Å². The van der Waals surface area contributed by atoms with Crippen LogP contribution in [-0.2, 0) is 10.8 Å². The van der Waals surface area contributed by atoms with Crippen LogP contribution < -0.4 is 9.80 Å². The van der Waals surface area contributed by atoms with Crippen LogP contribution in [0.25, 0.3) is 98.0 Å². The molecular weight excluding hydrogens is 1040 g/mol. The second-order valence-corrected chi connectivity index (χ2v) is 25.2. The molecule has 0 bridgehead atoms. The van der Waals surface area contributed by atoms with E-state index in [1.807, 2.05) is 0 Å². The first-order valence-electron chi connectivity index (χ1n) is 30.5. The van der Waals surface area contributed by atoms with Crippen LogP contribution in [0.1, 0.15) is 68.4 Å². The topological polar surface area (TPSA) is 6.48 Å². The van der Waals surface area contributed by atoms with Crippen molar-refractivity contribution >= 4 is 110 Å². The van der Waals surface area contributed by atoms with Crippen LogP contribution in [0.5, 0.6) is 0 Å². The Morgan fingerprint density at radius 1 is 0.279 bits per heavy atom. The minimum absolute atomic E-state index is 0.153. The van der Waals surface area contributed by atoms with Crippen LogP contribution in [0.2, 0.25) is 0 Å². The molecule has 2 heteroatoms. The summed E-state index contributed by atoms with van der Waals surface area (Å²) >= 11 is 0. The largest absolute Gasteiger partial charge is 0.310 e. The predicted octanol–water partition coefficient (Wildman–Crippen LogP) is 23.4. The molecule has 2 nitrogen and oxygen atoms in total. The number of hydrogen-bond acceptors (Lipinski definition) is 2. The van der Waals surface area contributed by atoms with Gasteiger partial charge in [0.25, 0.3) is 0 Å². The molecule has 0 unspecified atom stereocenters. The second-order valence-electron chi connectivity index (χ2n) is 25.2. The third kappa shape index (κ3) is 7.79. The lowest BCUT2D eigenvalue weighted by molar-refractivity contribution is 0.652. The first-order valence-corrected chi connectivity index (χ1v) is 30.5. The number of anilines is 6. The van der Waals surface area contributed by atoms with Crippen LogP contribution in [-0.4, -0.2) is 0 Å². The van der Waals surface area contributed by atoms with Gasteiger partial charge in [-0.3, -0.25) is 0 Å². The maximum Gasteiger partial charge on any atom is 0.0468 e. The number of rotatable bonds is 8. The summed E-state index contributed by atoms with van der Waals surface area (Å²) in [7, 11) is 0. The summed E-state index contributed by atoms with van der Waals surface area (Å²) in [4.78, 5) is 4.97. The molecule has 17 rings (SSSR count). The molecule has 0 fully saturated rings. The zero-order valence-electron chi connectivity index (χ0n) is 48.9. The van der Waals surface area contributed by atoms with Gasteiger partial charge in [-0.05, 0) is 223 Å². The van der Waals surface area contributed by atoms with Gasteiger partial charge in [0, 0.05) is 45.0 Å². The van der Waals surface area contributed by atoms with E-state index in [0.29, 0.717) is 0 Å². The number of hydrogen-bond donors (Lipinski definition) is 0. The fourth-order valence-corrected chi connectivity index (χ4v) is 15.4. The molecule has 0 atom stereocenters. The van der Waals surface area contributed by atoms with Gasteiger partial charge in [0.05, 0.1) is 0 Å². The second kappa shape index (κ2) is 19.1. The average molecular weight is 1100 g/mol. The summed E-state index contributed by atoms with van der Waals surface area (Å²) in [5.74, 6) is 0. The fraction of sp³-hybridized carbons (Fsp3) is 0.0952. The van der Waals surface area contributed by atoms with Gasteiger partial charge in [-0.2, -0.15) is 0 Å². The Morgan fingerprint density at radius 2 is 0.663 bits per heavy atom. The van der Waals surface area contributed by atoms with E-state index in [1.54, 1.807) is 0 Å². The molecular formula is C84H62N2. The quantitative estimate of drug-likeness (QED) is 0.140. The number of allylic oxidation sites excluding steroid dienone is 4. The summed E-state index contributed by atoms with van der Waals surface area (Å²) in [5.41, 5.74) is 22.6. The molecule has 0 spiro atoms. The lowest BCUT2D eigenvalue weighted by atomic mass is 9.76. The van der Waals surface area contributed by atoms with E-state index in [-0.39, 0.29) is 10.8 Å². The van der Waals surface area contributed by atoms with Gasteiger partial charge >= 0.3 is 0 Å². The van der Waals surface area contributed by atoms with E-state index < -0.39 is 0 Å². The molecule has 0 aliphatic heterocycles. The Kier molecular flexibility index (Phi) is 11.2. The number of fused-ring (bicyclic) bond motifs is 11. The molecule has 86 heavy (non-hydrogen) atoms. The van der Waals surface area contributed by atoms with Gasteiger partial charge in [0.2, 0.25) is 0 Å². The minimum Gasteiger partial charge on any atom is -0.310 e. The summed E-state index contributed by atoms with van der Waals surface area (Å²) < 4.78 is 0. The Balaban J connectivity index is 0.981. The Labute approximate surface area is 502 Å². The highest BCUT2D eigenvalue weighted by molar-refractivity contribution is 6.21. The standard InChI is InChI=1S/C84H62N2/c1-83(2)77-27-15-13-25-69(77)71-41-33-61(49-79(71)83)81-73-43-39-68(86(65-37-31-55-19-7-11-23-59(55)47-65)66-38-32-56-20-8-12-24-60(56)48-66)52-76(73)82(62-34-42-72-70-26-14-16-28-78(70)84(3,4)80(72)50-62)74-44-40-67(51-75(74)81)85(63-35-29-53-17-5-9-21-57(53)45-63)64-36-30-54-18-6-10-22-58(54)46-64/h5-33,35-41,43-52H,34,42H2,1-4H3. The van der Waals surface area contributed by atoms with E-state index >= 15 is 0 Å². The molecule has 3 aliphatic carbocycles. The minimum atomic E-state index is -0.195. The molecule has 0 saturated heterocycles. The van der Waals surface area contributed by atoms with Crippen molar-refractivity contribution in [2.24, 2.45) is 0 Å². The van der Waals surface area contributed by atoms with E-state index in [1.165, 1.54) is 131 Å². The van der Waals surface area contributed by atoms with Crippen molar-refractivity contribution in [3.63, 3.8) is 0 Å². The molecule has 14 aromatic carbocycles. The van der Waals surface area contributed by atoms with Gasteiger partial charge in [-0.15, -0.1) is 0 Å². The van der Waals surface area contributed by atoms with Gasteiger partial charge in [-0.1, -0.05) is 228 Å². The average Bonchev–Trinajstić information content (AvgIpc) is 1.31. The van der Waals surface area contributed by atoms with Gasteiger partial charge in [0.1, 0.15) is 0 Å². The van der Waals surface area contributed by atoms with Crippen LogP contribution in [0, 0.1) is 0 Å². The molecule has 0 N–H and O–H groups in total. The number of nitrogens with zero attached hydrogens (tertiary/aromatic N) is 2. The normalized spacial score (nSPS) is 14.6. The Hall–Kier alpha value is -10.3. The highest BCUT2D eigenvalue weighted by atomic mass is 15.1. The van der Waals surface area contributed by atoms with Crippen molar-refractivity contribution in [2.75, 3.05) is 9.80 Å². The zero-order valence-corrected chi connectivity index (χ0v) is 48.9. The van der Waals surface area contributed by atoms with Crippen LogP contribution >= 0.6 is 0 Å². The monoisotopic (exact) mass is 1100 g/mol. The molecule has 0 heterocycles. The first-order chi connectivity index (χ1) is 42.1. The van der Waals surface area contributed by atoms with Crippen molar-refractivity contribution < 1.29 is 0 Å². The third-order valence-corrected chi connectivity index (χ3v) is 19.6. The fourth-order valence-electron chi connectivity index (χ4n) is 15.4. The molecule has 3 aliphatic rings. The van der Waals surface area contributed by atoms with Crippen molar-refractivity contribution in [1.29, 1.82) is 0 Å². The first kappa shape index (κ1) is 50.3. The van der Waals surface area contributed by atoms with E-state index in [0.717, 1.165) is 47.0 Å². The van der Waals surface area contributed by atoms with Gasteiger partial charge < -0.3 is 9.80 Å². The van der Waals surface area contributed by atoms with Gasteiger partial charge in [0.15, 0.2) is 0 Å². The molecule has 14 aromatic rings. The SMILES string of the molecule is CC1(C)C2=C(CCC(c3c4cc(N(c5ccc6ccccc6c5)c5ccc6ccccc6c5)ccc4c(-c4ccc5c(c4)C(C)(C)c4ccccc4-5)c4cc(N(c5ccc6ccccc6c5)c5ccc6ccccc6c5)ccc34)=C2)c2ccccc21. The van der Waals surface area contributed by atoms with Crippen molar-refractivity contribution in [3.05, 3.63) is 312 Å². The maximum absolute atomic E-state index is 2.61. The molecule has 0 radical (unpaired) electrons. The Morgan fingerprint density at radius 3 is 1.16 bits per heavy atom. The van der Waals surface area contributed by atoms with Crippen molar-refractivity contribution in [1.82, 2.24) is 0 Å². The molecule has 0 amide bonds. The summed E-state index contributed by atoms with van der Waals surface area (Å²) in [5, 5.41) is 14.7. The summed E-state index contributed by atoms with van der Waals surface area (Å²) in [6, 6.07) is 103. The smallest absolute Gasteiger partial charge is 0.0468 e. The molecule has 0 aromatic heterocycles. The lowest BCUT2D eigenvalue weighted by Crippen LogP contribution is -2.17. The van der Waals surface area contributed by atoms with E-state index in [9.17, 15) is 0 Å². The van der Waals surface area contributed by atoms with Crippen LogP contribution in [0.4, 0.5) is 34.1 Å². The van der Waals surface area contributed by atoms with Crippen molar-refractivity contribution in [2.45, 2.75) is 51.4 Å². The highest BCUT2D eigenvalue weighted by Crippen LogP contribution is 2.56. The summed E-state index contributed by atoms with van der Waals surface area (Å²) in [6.07, 6.45) is 4.51. The Bertz CT molecular complexity index is 5100.